The number of hydrogen-bond donors (Lipinski definition) is 0. The van der Waals surface area contributed by atoms with Gasteiger partial charge in [0.25, 0.3) is 0 Å². The minimum absolute atomic E-state index is 0.223. The van der Waals surface area contributed by atoms with Gasteiger partial charge in [0.2, 0.25) is 5.90 Å². The number of para-hydroxylation sites is 1. The van der Waals surface area contributed by atoms with Crippen LogP contribution in [0.25, 0.3) is 6.08 Å². The van der Waals surface area contributed by atoms with Crippen molar-refractivity contribution in [3.63, 3.8) is 0 Å². The van der Waals surface area contributed by atoms with E-state index in [4.69, 9.17) is 14.2 Å². The molecule has 0 fully saturated rings. The van der Waals surface area contributed by atoms with Crippen LogP contribution in [0.15, 0.2) is 59.2 Å². The van der Waals surface area contributed by atoms with Crippen LogP contribution < -0.4 is 9.47 Å². The van der Waals surface area contributed by atoms with Crippen LogP contribution in [0, 0.1) is 0 Å². The number of rotatable bonds is 5. The average molecular weight is 323 g/mol. The Morgan fingerprint density at radius 1 is 1.12 bits per heavy atom. The van der Waals surface area contributed by atoms with E-state index in [-0.39, 0.29) is 5.70 Å². The van der Waals surface area contributed by atoms with Gasteiger partial charge in [-0.25, -0.2) is 9.79 Å². The van der Waals surface area contributed by atoms with Crippen LogP contribution in [-0.4, -0.2) is 25.6 Å². The van der Waals surface area contributed by atoms with Gasteiger partial charge in [0.15, 0.2) is 17.2 Å². The summed E-state index contributed by atoms with van der Waals surface area (Å²) < 4.78 is 16.2. The molecule has 1 aliphatic rings. The molecule has 5 heteroatoms. The van der Waals surface area contributed by atoms with Crippen LogP contribution >= 0.6 is 0 Å². The molecule has 0 N–H and O–H groups in total. The minimum Gasteiger partial charge on any atom is -0.492 e. The van der Waals surface area contributed by atoms with E-state index in [1.807, 2.05) is 55.5 Å². The summed E-state index contributed by atoms with van der Waals surface area (Å²) in [7, 11) is 1.56. The van der Waals surface area contributed by atoms with Crippen LogP contribution in [-0.2, 0) is 9.53 Å². The fourth-order valence-corrected chi connectivity index (χ4v) is 2.39. The smallest absolute Gasteiger partial charge is 0.363 e. The molecule has 0 amide bonds. The molecule has 5 nitrogen and oxygen atoms in total. The summed E-state index contributed by atoms with van der Waals surface area (Å²) in [6.07, 6.45) is 1.64. The lowest BCUT2D eigenvalue weighted by molar-refractivity contribution is -0.129. The van der Waals surface area contributed by atoms with Crippen molar-refractivity contribution in [3.05, 3.63) is 65.4 Å². The maximum Gasteiger partial charge on any atom is 0.363 e. The highest BCUT2D eigenvalue weighted by molar-refractivity contribution is 6.12. The Hall–Kier alpha value is -3.08. The SMILES string of the molecule is CCOc1cccc(/C=C2/N=C(c3ccccc3)OC2=O)c1OC. The van der Waals surface area contributed by atoms with E-state index >= 15 is 0 Å². The molecular weight excluding hydrogens is 306 g/mol. The fourth-order valence-electron chi connectivity index (χ4n) is 2.39. The Kier molecular flexibility index (Phi) is 4.61. The van der Waals surface area contributed by atoms with Crippen LogP contribution in [0.5, 0.6) is 11.5 Å². The van der Waals surface area contributed by atoms with Gasteiger partial charge >= 0.3 is 5.97 Å². The normalized spacial score (nSPS) is 15.2. The number of carbonyl (C=O) groups excluding carboxylic acids is 1. The lowest BCUT2D eigenvalue weighted by atomic mass is 10.1. The van der Waals surface area contributed by atoms with Gasteiger partial charge in [0, 0.05) is 11.1 Å². The highest BCUT2D eigenvalue weighted by Gasteiger charge is 2.24. The molecule has 0 aliphatic carbocycles. The van der Waals surface area contributed by atoms with E-state index in [1.54, 1.807) is 13.2 Å². The van der Waals surface area contributed by atoms with Crippen molar-refractivity contribution in [2.45, 2.75) is 6.92 Å². The topological polar surface area (TPSA) is 57.1 Å². The molecule has 3 rings (SSSR count). The molecule has 2 aromatic rings. The number of cyclic esters (lactones) is 1. The predicted molar refractivity (Wildman–Crippen MR) is 91.2 cm³/mol. The van der Waals surface area contributed by atoms with Gasteiger partial charge in [-0.2, -0.15) is 0 Å². The summed E-state index contributed by atoms with van der Waals surface area (Å²) in [6.45, 7) is 2.42. The first-order chi connectivity index (χ1) is 11.7. The number of ether oxygens (including phenoxy) is 3. The third-order valence-corrected chi connectivity index (χ3v) is 3.45. The molecule has 0 radical (unpaired) electrons. The summed E-state index contributed by atoms with van der Waals surface area (Å²) in [5.74, 6) is 0.987. The molecule has 2 aromatic carbocycles. The van der Waals surface area contributed by atoms with E-state index in [1.165, 1.54) is 0 Å². The first kappa shape index (κ1) is 15.8. The average Bonchev–Trinajstić information content (AvgIpc) is 2.97. The second-order valence-corrected chi connectivity index (χ2v) is 5.01. The van der Waals surface area contributed by atoms with Gasteiger partial charge < -0.3 is 14.2 Å². The Bertz CT molecular complexity index is 809. The summed E-state index contributed by atoms with van der Waals surface area (Å²) in [4.78, 5) is 16.4. The summed E-state index contributed by atoms with van der Waals surface area (Å²) in [5, 5.41) is 0. The number of methoxy groups -OCH3 is 1. The number of aliphatic imine (C=N–C) groups is 1. The summed E-state index contributed by atoms with van der Waals surface area (Å²) in [5.41, 5.74) is 1.68. The van der Waals surface area contributed by atoms with Crippen molar-refractivity contribution in [2.75, 3.05) is 13.7 Å². The fraction of sp³-hybridized carbons (Fsp3) is 0.158. The molecule has 1 heterocycles. The lowest BCUT2D eigenvalue weighted by Crippen LogP contribution is -2.05. The zero-order valence-electron chi connectivity index (χ0n) is 13.5. The van der Waals surface area contributed by atoms with Crippen LogP contribution in [0.1, 0.15) is 18.1 Å². The molecule has 0 saturated carbocycles. The van der Waals surface area contributed by atoms with Crippen molar-refractivity contribution in [2.24, 2.45) is 4.99 Å². The number of carbonyl (C=O) groups is 1. The van der Waals surface area contributed by atoms with E-state index in [0.29, 0.717) is 29.6 Å². The zero-order chi connectivity index (χ0) is 16.9. The maximum atomic E-state index is 12.1. The molecule has 0 saturated heterocycles. The first-order valence-electron chi connectivity index (χ1n) is 7.60. The standard InChI is InChI=1S/C19H17NO4/c1-3-23-16-11-7-10-14(17(16)22-2)12-15-19(21)24-18(20-15)13-8-5-4-6-9-13/h4-12H,3H2,1-2H3/b15-12+. The summed E-state index contributed by atoms with van der Waals surface area (Å²) >= 11 is 0. The van der Waals surface area contributed by atoms with Gasteiger partial charge in [0.05, 0.1) is 13.7 Å². The largest absolute Gasteiger partial charge is 0.492 e. The number of benzene rings is 2. The van der Waals surface area contributed by atoms with Gasteiger partial charge in [-0.15, -0.1) is 0 Å². The van der Waals surface area contributed by atoms with Gasteiger partial charge in [-0.1, -0.05) is 30.3 Å². The van der Waals surface area contributed by atoms with Crippen molar-refractivity contribution < 1.29 is 19.0 Å². The third-order valence-electron chi connectivity index (χ3n) is 3.45. The quantitative estimate of drug-likeness (QED) is 0.625. The monoisotopic (exact) mass is 323 g/mol. The molecule has 0 aromatic heterocycles. The molecule has 0 spiro atoms. The molecule has 0 atom stereocenters. The van der Waals surface area contributed by atoms with Crippen LogP contribution in [0.3, 0.4) is 0 Å². The van der Waals surface area contributed by atoms with Crippen molar-refractivity contribution in [1.82, 2.24) is 0 Å². The lowest BCUT2D eigenvalue weighted by Gasteiger charge is -2.11. The van der Waals surface area contributed by atoms with E-state index < -0.39 is 5.97 Å². The Labute approximate surface area is 140 Å². The second-order valence-electron chi connectivity index (χ2n) is 5.01. The molecule has 0 bridgehead atoms. The third kappa shape index (κ3) is 3.15. The molecular formula is C19H17NO4. The predicted octanol–water partition coefficient (Wildman–Crippen LogP) is 3.44. The van der Waals surface area contributed by atoms with Crippen molar-refractivity contribution >= 4 is 17.9 Å². The first-order valence-corrected chi connectivity index (χ1v) is 7.60. The number of nitrogens with zero attached hydrogens (tertiary/aromatic N) is 1. The van der Waals surface area contributed by atoms with Crippen molar-refractivity contribution in [3.8, 4) is 11.5 Å². The van der Waals surface area contributed by atoms with Gasteiger partial charge in [0.1, 0.15) is 0 Å². The molecule has 122 valence electrons. The Balaban J connectivity index is 1.98. The molecule has 1 aliphatic heterocycles. The number of hydrogen-bond acceptors (Lipinski definition) is 5. The van der Waals surface area contributed by atoms with Crippen molar-refractivity contribution in [1.29, 1.82) is 0 Å². The highest BCUT2D eigenvalue weighted by atomic mass is 16.6. The number of esters is 1. The summed E-state index contributed by atoms with van der Waals surface area (Å²) in [6, 6.07) is 14.8. The van der Waals surface area contributed by atoms with Gasteiger partial charge in [-0.3, -0.25) is 0 Å². The highest BCUT2D eigenvalue weighted by Crippen LogP contribution is 2.33. The van der Waals surface area contributed by atoms with Crippen LogP contribution in [0.2, 0.25) is 0 Å². The Morgan fingerprint density at radius 2 is 1.92 bits per heavy atom. The van der Waals surface area contributed by atoms with E-state index in [0.717, 1.165) is 5.56 Å². The molecule has 0 unspecified atom stereocenters. The van der Waals surface area contributed by atoms with Crippen LogP contribution in [0.4, 0.5) is 0 Å². The zero-order valence-corrected chi connectivity index (χ0v) is 13.5. The molecule has 24 heavy (non-hydrogen) atoms. The minimum atomic E-state index is -0.488. The van der Waals surface area contributed by atoms with E-state index in [2.05, 4.69) is 4.99 Å². The van der Waals surface area contributed by atoms with Gasteiger partial charge in [-0.05, 0) is 31.2 Å². The maximum absolute atomic E-state index is 12.1. The second kappa shape index (κ2) is 7.00. The Morgan fingerprint density at radius 3 is 2.62 bits per heavy atom. The van der Waals surface area contributed by atoms with E-state index in [9.17, 15) is 4.79 Å².